The smallest absolute Gasteiger partial charge is 0.399 e. The summed E-state index contributed by atoms with van der Waals surface area (Å²) in [5, 5.41) is 3.14. The number of nitrogens with two attached hydrogens (primary N) is 1. The molecule has 0 aromatic heterocycles. The van der Waals surface area contributed by atoms with Crippen LogP contribution in [0.25, 0.3) is 0 Å². The molecule has 118 valence electrons. The Hall–Kier alpha value is -1.39. The Balaban J connectivity index is 2.26. The number of nitrogens with one attached hydrogen (secondary N) is 1. The average Bonchev–Trinajstić information content (AvgIpc) is 2.40. The second-order valence-electron chi connectivity index (χ2n) is 6.25. The molecule has 0 heterocycles. The minimum atomic E-state index is -4.39. The number of nitrogen functional groups attached to an aromatic ring is 1. The quantitative estimate of drug-likeness (QED) is 0.778. The van der Waals surface area contributed by atoms with Crippen molar-refractivity contribution in [2.24, 2.45) is 11.8 Å². The lowest BCUT2D eigenvalue weighted by atomic mass is 9.77. The summed E-state index contributed by atoms with van der Waals surface area (Å²) in [6, 6.07) is 4.08. The first kappa shape index (κ1) is 16.0. The molecule has 1 fully saturated rings. The van der Waals surface area contributed by atoms with Crippen molar-refractivity contribution in [1.29, 1.82) is 0 Å². The molecule has 2 unspecified atom stereocenters. The van der Waals surface area contributed by atoms with Crippen molar-refractivity contribution in [1.82, 2.24) is 0 Å². The molecular formula is C16H23F3N2. The highest BCUT2D eigenvalue weighted by Crippen LogP contribution is 2.38. The molecule has 1 saturated carbocycles. The lowest BCUT2D eigenvalue weighted by molar-refractivity contribution is -0.136. The van der Waals surface area contributed by atoms with Gasteiger partial charge in [0.25, 0.3) is 0 Å². The highest BCUT2D eigenvalue weighted by molar-refractivity contribution is 5.59. The number of anilines is 2. The van der Waals surface area contributed by atoms with E-state index >= 15 is 0 Å². The van der Waals surface area contributed by atoms with Gasteiger partial charge in [0, 0.05) is 17.4 Å². The number of hydrogen-bond acceptors (Lipinski definition) is 2. The van der Waals surface area contributed by atoms with Gasteiger partial charge in [0.1, 0.15) is 0 Å². The van der Waals surface area contributed by atoms with E-state index in [4.69, 9.17) is 5.73 Å². The summed E-state index contributed by atoms with van der Waals surface area (Å²) in [5.41, 5.74) is 5.12. The van der Waals surface area contributed by atoms with E-state index in [2.05, 4.69) is 19.2 Å². The molecular weight excluding hydrogens is 277 g/mol. The average molecular weight is 300 g/mol. The second kappa shape index (κ2) is 6.16. The Morgan fingerprint density at radius 3 is 2.48 bits per heavy atom. The Labute approximate surface area is 123 Å². The number of alkyl halides is 3. The number of rotatable bonds is 3. The van der Waals surface area contributed by atoms with Crippen molar-refractivity contribution in [2.45, 2.75) is 51.7 Å². The van der Waals surface area contributed by atoms with Gasteiger partial charge in [-0.15, -0.1) is 0 Å². The van der Waals surface area contributed by atoms with Crippen LogP contribution in [0.2, 0.25) is 0 Å². The molecule has 0 aliphatic heterocycles. The van der Waals surface area contributed by atoms with Crippen molar-refractivity contribution in [3.8, 4) is 0 Å². The summed E-state index contributed by atoms with van der Waals surface area (Å²) >= 11 is 0. The zero-order chi connectivity index (χ0) is 15.6. The molecule has 0 bridgehead atoms. The molecule has 0 spiro atoms. The van der Waals surface area contributed by atoms with E-state index in [-0.39, 0.29) is 17.4 Å². The molecule has 1 aliphatic carbocycles. The Bertz CT molecular complexity index is 483. The molecule has 21 heavy (non-hydrogen) atoms. The van der Waals surface area contributed by atoms with Gasteiger partial charge in [-0.25, -0.2) is 0 Å². The third kappa shape index (κ3) is 3.83. The van der Waals surface area contributed by atoms with Crippen LogP contribution in [0.4, 0.5) is 24.5 Å². The molecule has 1 aromatic rings. The fourth-order valence-electron chi connectivity index (χ4n) is 3.26. The number of benzene rings is 1. The highest BCUT2D eigenvalue weighted by atomic mass is 19.4. The van der Waals surface area contributed by atoms with E-state index in [0.717, 1.165) is 31.7 Å². The number of halogens is 3. The van der Waals surface area contributed by atoms with E-state index in [0.29, 0.717) is 11.8 Å². The first-order chi connectivity index (χ1) is 9.79. The van der Waals surface area contributed by atoms with E-state index in [1.54, 1.807) is 0 Å². The predicted molar refractivity (Wildman–Crippen MR) is 80.1 cm³/mol. The molecule has 0 amide bonds. The summed E-state index contributed by atoms with van der Waals surface area (Å²) in [7, 11) is 0. The fourth-order valence-corrected chi connectivity index (χ4v) is 3.26. The lowest BCUT2D eigenvalue weighted by Gasteiger charge is -2.36. The van der Waals surface area contributed by atoms with Crippen LogP contribution in [-0.2, 0) is 6.18 Å². The third-order valence-corrected chi connectivity index (χ3v) is 4.37. The van der Waals surface area contributed by atoms with Gasteiger partial charge in [-0.2, -0.15) is 13.2 Å². The van der Waals surface area contributed by atoms with Gasteiger partial charge >= 0.3 is 6.18 Å². The molecule has 0 radical (unpaired) electrons. The lowest BCUT2D eigenvalue weighted by Crippen LogP contribution is -2.35. The maximum Gasteiger partial charge on any atom is 0.418 e. The molecule has 2 nitrogen and oxygen atoms in total. The summed E-state index contributed by atoms with van der Waals surface area (Å²) in [6.07, 6.45) is -0.165. The molecule has 2 atom stereocenters. The second-order valence-corrected chi connectivity index (χ2v) is 6.25. The Morgan fingerprint density at radius 1 is 1.19 bits per heavy atom. The first-order valence-electron chi connectivity index (χ1n) is 7.52. The van der Waals surface area contributed by atoms with Gasteiger partial charge in [-0.05, 0) is 42.9 Å². The first-order valence-corrected chi connectivity index (χ1v) is 7.52. The predicted octanol–water partition coefficient (Wildman–Crippen LogP) is 4.91. The van der Waals surface area contributed by atoms with Crippen LogP contribution in [0.3, 0.4) is 0 Å². The van der Waals surface area contributed by atoms with Crippen molar-refractivity contribution in [2.75, 3.05) is 11.1 Å². The topological polar surface area (TPSA) is 38.0 Å². The maximum atomic E-state index is 13.1. The van der Waals surface area contributed by atoms with Gasteiger partial charge in [0.15, 0.2) is 0 Å². The molecule has 1 aliphatic rings. The summed E-state index contributed by atoms with van der Waals surface area (Å²) < 4.78 is 39.4. The van der Waals surface area contributed by atoms with Gasteiger partial charge in [-0.3, -0.25) is 0 Å². The van der Waals surface area contributed by atoms with E-state index in [1.165, 1.54) is 12.1 Å². The largest absolute Gasteiger partial charge is 0.418 e. The molecule has 3 N–H and O–H groups in total. The molecule has 1 aromatic carbocycles. The molecule has 0 saturated heterocycles. The van der Waals surface area contributed by atoms with Crippen LogP contribution in [0.15, 0.2) is 18.2 Å². The SMILES string of the molecule is CC(C)C1CCCCC1Nc1ccc(N)cc1C(F)(F)F. The molecule has 5 heteroatoms. The minimum Gasteiger partial charge on any atom is -0.399 e. The zero-order valence-electron chi connectivity index (χ0n) is 12.5. The summed E-state index contributed by atoms with van der Waals surface area (Å²) in [5.74, 6) is 0.878. The Kier molecular flexibility index (Phi) is 4.69. The van der Waals surface area contributed by atoms with Crippen molar-refractivity contribution in [3.05, 3.63) is 23.8 Å². The fraction of sp³-hybridized carbons (Fsp3) is 0.625. The molecule has 2 rings (SSSR count). The van der Waals surface area contributed by atoms with E-state index in [9.17, 15) is 13.2 Å². The zero-order valence-corrected chi connectivity index (χ0v) is 12.5. The van der Waals surface area contributed by atoms with E-state index < -0.39 is 11.7 Å². The van der Waals surface area contributed by atoms with Crippen LogP contribution in [0.1, 0.15) is 45.1 Å². The van der Waals surface area contributed by atoms with Crippen LogP contribution in [0.5, 0.6) is 0 Å². The van der Waals surface area contributed by atoms with Crippen LogP contribution in [-0.4, -0.2) is 6.04 Å². The van der Waals surface area contributed by atoms with Crippen LogP contribution >= 0.6 is 0 Å². The van der Waals surface area contributed by atoms with Gasteiger partial charge < -0.3 is 11.1 Å². The normalized spacial score (nSPS) is 23.3. The van der Waals surface area contributed by atoms with Crippen LogP contribution in [0, 0.1) is 11.8 Å². The summed E-state index contributed by atoms with van der Waals surface area (Å²) in [4.78, 5) is 0. The monoisotopic (exact) mass is 300 g/mol. The van der Waals surface area contributed by atoms with Crippen molar-refractivity contribution >= 4 is 11.4 Å². The minimum absolute atomic E-state index is 0.100. The highest BCUT2D eigenvalue weighted by Gasteiger charge is 2.35. The number of hydrogen-bond donors (Lipinski definition) is 2. The maximum absolute atomic E-state index is 13.1. The third-order valence-electron chi connectivity index (χ3n) is 4.37. The van der Waals surface area contributed by atoms with Crippen LogP contribution < -0.4 is 11.1 Å². The van der Waals surface area contributed by atoms with Crippen molar-refractivity contribution in [3.63, 3.8) is 0 Å². The van der Waals surface area contributed by atoms with Gasteiger partial charge in [-0.1, -0.05) is 26.7 Å². The van der Waals surface area contributed by atoms with Crippen molar-refractivity contribution < 1.29 is 13.2 Å². The summed E-state index contributed by atoms with van der Waals surface area (Å²) in [6.45, 7) is 4.27. The van der Waals surface area contributed by atoms with E-state index in [1.807, 2.05) is 0 Å². The Morgan fingerprint density at radius 2 is 1.86 bits per heavy atom. The van der Waals surface area contributed by atoms with Gasteiger partial charge in [0.05, 0.1) is 5.56 Å². The standard InChI is InChI=1S/C16H23F3N2/c1-10(2)12-5-3-4-6-14(12)21-15-8-7-11(20)9-13(15)16(17,18)19/h7-10,12,14,21H,3-6,20H2,1-2H3. The van der Waals surface area contributed by atoms with Gasteiger partial charge in [0.2, 0.25) is 0 Å².